The Morgan fingerprint density at radius 2 is 1.35 bits per heavy atom. The van der Waals surface area contributed by atoms with Crippen LogP contribution in [0.25, 0.3) is 11.8 Å². The topological polar surface area (TPSA) is 218 Å². The van der Waals surface area contributed by atoms with Crippen LogP contribution in [-0.4, -0.2) is 81.4 Å². The van der Waals surface area contributed by atoms with Crippen LogP contribution in [0.1, 0.15) is 37.7 Å². The highest BCUT2D eigenvalue weighted by Crippen LogP contribution is 2.34. The molecule has 216 valence electrons. The van der Waals surface area contributed by atoms with Gasteiger partial charge in [-0.1, -0.05) is 12.2 Å². The summed E-state index contributed by atoms with van der Waals surface area (Å²) in [5.41, 5.74) is 0.439. The summed E-state index contributed by atoms with van der Waals surface area (Å²) in [5, 5.41) is 63.8. The van der Waals surface area contributed by atoms with Gasteiger partial charge in [-0.2, -0.15) is 0 Å². The molecule has 4 rings (SSSR count). The highest BCUT2D eigenvalue weighted by atomic mass is 16.3. The number of nitrogens with one attached hydrogen (secondary N) is 4. The Morgan fingerprint density at radius 1 is 0.800 bits per heavy atom. The highest BCUT2D eigenvalue weighted by Gasteiger charge is 2.27. The lowest BCUT2D eigenvalue weighted by Gasteiger charge is -2.22. The lowest BCUT2D eigenvalue weighted by molar-refractivity contribution is -0.130. The number of rotatable bonds is 8. The van der Waals surface area contributed by atoms with Gasteiger partial charge in [0, 0.05) is 44.6 Å². The molecule has 1 aliphatic carbocycles. The Kier molecular flexibility index (Phi) is 8.83. The summed E-state index contributed by atoms with van der Waals surface area (Å²) in [6, 6.07) is 0. The molecule has 13 nitrogen and oxygen atoms in total. The molecule has 0 aromatic heterocycles. The molecule has 1 aromatic rings. The van der Waals surface area contributed by atoms with Crippen molar-refractivity contribution < 1.29 is 44.7 Å². The largest absolute Gasteiger partial charge is 0.508 e. The fraction of sp³-hybridized carbons (Fsp3) is 0.481. The average Bonchev–Trinajstić information content (AvgIpc) is 3.06. The van der Waals surface area contributed by atoms with E-state index < -0.39 is 35.0 Å². The van der Waals surface area contributed by atoms with Crippen LogP contribution in [0.3, 0.4) is 0 Å². The standard InChI is InChI=1S/C27H34N4O9/c32-18-5-2-14(11-30-18)26(39)28-9-7-13-1-4-16-17(8-10-29-27(40)15-3-6-19(33)31-12-15)22(35)25(38)24(37)20(16)23(36)21(13)34/h1,4,14-15,21,34-38H,2-3,5-12H2,(H,28,39)(H,29,40)(H,30,32)(H,31,33). The number of aliphatic hydroxyl groups excluding tert-OH is 2. The zero-order chi connectivity index (χ0) is 29.0. The average molecular weight is 559 g/mol. The highest BCUT2D eigenvalue weighted by molar-refractivity contribution is 5.84. The monoisotopic (exact) mass is 558 g/mol. The van der Waals surface area contributed by atoms with Crippen molar-refractivity contribution >= 4 is 35.5 Å². The third-order valence-electron chi connectivity index (χ3n) is 7.56. The van der Waals surface area contributed by atoms with Gasteiger partial charge in [-0.05, 0) is 36.5 Å². The number of carbonyl (C=O) groups is 4. The molecule has 0 radical (unpaired) electrons. The first-order chi connectivity index (χ1) is 19.1. The van der Waals surface area contributed by atoms with E-state index in [9.17, 15) is 44.7 Å². The second kappa shape index (κ2) is 12.3. The Hall–Kier alpha value is -4.26. The number of hydrogen-bond acceptors (Lipinski definition) is 9. The summed E-state index contributed by atoms with van der Waals surface area (Å²) in [7, 11) is 0. The fourth-order valence-electron chi connectivity index (χ4n) is 5.13. The van der Waals surface area contributed by atoms with E-state index in [-0.39, 0.29) is 97.4 Å². The van der Waals surface area contributed by atoms with Gasteiger partial charge in [0.1, 0.15) is 11.9 Å². The molecule has 3 atom stereocenters. The van der Waals surface area contributed by atoms with Gasteiger partial charge in [0.05, 0.1) is 17.1 Å². The smallest absolute Gasteiger partial charge is 0.224 e. The van der Waals surface area contributed by atoms with Gasteiger partial charge < -0.3 is 46.8 Å². The first-order valence-corrected chi connectivity index (χ1v) is 13.2. The van der Waals surface area contributed by atoms with Crippen molar-refractivity contribution in [2.24, 2.45) is 11.8 Å². The van der Waals surface area contributed by atoms with Crippen molar-refractivity contribution in [1.82, 2.24) is 21.3 Å². The van der Waals surface area contributed by atoms with E-state index in [1.165, 1.54) is 12.2 Å². The second-order valence-corrected chi connectivity index (χ2v) is 10.2. The molecule has 2 heterocycles. The normalized spacial score (nSPS) is 22.6. The summed E-state index contributed by atoms with van der Waals surface area (Å²) in [5.74, 6) is -4.44. The Morgan fingerprint density at radius 3 is 1.88 bits per heavy atom. The summed E-state index contributed by atoms with van der Waals surface area (Å²) >= 11 is 0. The minimum Gasteiger partial charge on any atom is -0.508 e. The molecule has 40 heavy (non-hydrogen) atoms. The zero-order valence-electron chi connectivity index (χ0n) is 21.8. The number of phenolic OH excluding ortho intramolecular Hbond substituents is 3. The molecule has 0 saturated carbocycles. The molecule has 3 unspecified atom stereocenters. The van der Waals surface area contributed by atoms with Gasteiger partial charge in [-0.25, -0.2) is 0 Å². The third-order valence-corrected chi connectivity index (χ3v) is 7.56. The van der Waals surface area contributed by atoms with E-state index in [0.29, 0.717) is 18.4 Å². The predicted molar refractivity (Wildman–Crippen MR) is 141 cm³/mol. The lowest BCUT2D eigenvalue weighted by Crippen LogP contribution is -2.43. The second-order valence-electron chi connectivity index (χ2n) is 10.2. The summed E-state index contributed by atoms with van der Waals surface area (Å²) in [4.78, 5) is 47.6. The molecule has 0 spiro atoms. The quantitative estimate of drug-likeness (QED) is 0.157. The van der Waals surface area contributed by atoms with Crippen LogP contribution in [0.4, 0.5) is 0 Å². The van der Waals surface area contributed by atoms with Gasteiger partial charge in [-0.15, -0.1) is 0 Å². The van der Waals surface area contributed by atoms with Gasteiger partial charge in [0.2, 0.25) is 29.4 Å². The number of allylic oxidation sites excluding steroid dienone is 1. The lowest BCUT2D eigenvalue weighted by atomic mass is 9.98. The summed E-state index contributed by atoms with van der Waals surface area (Å²) in [6.45, 7) is 0.660. The van der Waals surface area contributed by atoms with Crippen molar-refractivity contribution in [3.63, 3.8) is 0 Å². The van der Waals surface area contributed by atoms with Gasteiger partial charge in [-0.3, -0.25) is 19.2 Å². The molecular weight excluding hydrogens is 524 g/mol. The van der Waals surface area contributed by atoms with Crippen molar-refractivity contribution in [2.45, 2.75) is 44.6 Å². The number of aliphatic hydroxyl groups is 2. The van der Waals surface area contributed by atoms with Crippen molar-refractivity contribution in [3.05, 3.63) is 27.6 Å². The van der Waals surface area contributed by atoms with Crippen LogP contribution in [0.5, 0.6) is 17.2 Å². The van der Waals surface area contributed by atoms with Crippen molar-refractivity contribution in [2.75, 3.05) is 26.2 Å². The molecule has 1 aromatic carbocycles. The number of fused-ring (bicyclic) bond motifs is 1. The van der Waals surface area contributed by atoms with Crippen molar-refractivity contribution in [1.29, 1.82) is 0 Å². The number of hydrogen-bond donors (Lipinski definition) is 9. The Balaban J connectivity index is 1.49. The van der Waals surface area contributed by atoms with E-state index in [1.54, 1.807) is 0 Å². The first kappa shape index (κ1) is 28.7. The maximum Gasteiger partial charge on any atom is 0.224 e. The number of carbonyl (C=O) groups excluding carboxylic acids is 4. The molecule has 13 heteroatoms. The molecule has 2 aliphatic heterocycles. The molecule has 9 N–H and O–H groups in total. The molecular formula is C27H34N4O9. The minimum absolute atomic E-state index is 0.0177. The number of piperidine rings is 2. The summed E-state index contributed by atoms with van der Waals surface area (Å²) in [6.07, 6.45) is 2.95. The molecule has 4 amide bonds. The number of phenols is 3. The van der Waals surface area contributed by atoms with Crippen LogP contribution < -0.4 is 31.7 Å². The number of benzene rings is 1. The molecule has 2 saturated heterocycles. The van der Waals surface area contributed by atoms with Crippen LogP contribution in [0, 0.1) is 11.8 Å². The zero-order valence-corrected chi connectivity index (χ0v) is 21.8. The van der Waals surface area contributed by atoms with Gasteiger partial charge in [0.25, 0.3) is 0 Å². The maximum atomic E-state index is 12.5. The van der Waals surface area contributed by atoms with Crippen LogP contribution >= 0.6 is 0 Å². The van der Waals surface area contributed by atoms with Gasteiger partial charge in [0.15, 0.2) is 11.5 Å². The first-order valence-electron chi connectivity index (χ1n) is 13.2. The van der Waals surface area contributed by atoms with E-state index in [2.05, 4.69) is 21.3 Å². The molecule has 3 aliphatic rings. The van der Waals surface area contributed by atoms with E-state index in [1.807, 2.05) is 0 Å². The summed E-state index contributed by atoms with van der Waals surface area (Å²) < 4.78 is 0. The van der Waals surface area contributed by atoms with E-state index >= 15 is 0 Å². The Bertz CT molecular complexity index is 1350. The maximum absolute atomic E-state index is 12.5. The van der Waals surface area contributed by atoms with Crippen LogP contribution in [0.2, 0.25) is 0 Å². The fourth-order valence-corrected chi connectivity index (χ4v) is 5.13. The Labute approximate surface area is 229 Å². The van der Waals surface area contributed by atoms with Crippen molar-refractivity contribution in [3.8, 4) is 17.2 Å². The number of aromatic hydroxyl groups is 3. The minimum atomic E-state index is -1.56. The van der Waals surface area contributed by atoms with Crippen LogP contribution in [-0.2, 0) is 25.6 Å². The number of amides is 4. The predicted octanol–water partition coefficient (Wildman–Crippen LogP) is -2.23. The SMILES string of the molecule is O=C1CCC(C(=O)NCCC2=CC=c3c(CCNC(=O)C4CCC(=O)NC4)c(O)c(O)c(O)c3=C(O)C2O)CN1. The van der Waals surface area contributed by atoms with E-state index in [4.69, 9.17) is 0 Å². The molecule has 0 bridgehead atoms. The molecule has 2 fully saturated rings. The van der Waals surface area contributed by atoms with E-state index in [0.717, 1.165) is 0 Å². The van der Waals surface area contributed by atoms with Gasteiger partial charge >= 0.3 is 0 Å². The third kappa shape index (κ3) is 6.14. The van der Waals surface area contributed by atoms with Crippen LogP contribution in [0.15, 0.2) is 11.6 Å².